The van der Waals surface area contributed by atoms with Crippen LogP contribution in [-0.2, 0) is 13.1 Å². The molecule has 1 heterocycles. The molecule has 1 aromatic heterocycles. The molecule has 3 heteroatoms. The lowest BCUT2D eigenvalue weighted by atomic mass is 10.1. The van der Waals surface area contributed by atoms with Crippen LogP contribution in [-0.4, -0.2) is 25.5 Å². The van der Waals surface area contributed by atoms with Crippen molar-refractivity contribution in [3.05, 3.63) is 35.6 Å². The molecule has 0 radical (unpaired) electrons. The van der Waals surface area contributed by atoms with Crippen molar-refractivity contribution in [3.63, 3.8) is 0 Å². The topological polar surface area (TPSA) is 28.4 Å². The molecule has 1 aromatic carbocycles. The van der Waals surface area contributed by atoms with Gasteiger partial charge in [-0.15, -0.1) is 0 Å². The number of fused-ring (bicyclic) bond motifs is 1. The van der Waals surface area contributed by atoms with E-state index in [4.69, 9.17) is 4.42 Å². The quantitative estimate of drug-likeness (QED) is 0.863. The molecule has 0 atom stereocenters. The summed E-state index contributed by atoms with van der Waals surface area (Å²) >= 11 is 0. The van der Waals surface area contributed by atoms with Gasteiger partial charge in [0.2, 0.25) is 0 Å². The van der Waals surface area contributed by atoms with E-state index >= 15 is 0 Å². The Morgan fingerprint density at radius 1 is 1.32 bits per heavy atom. The van der Waals surface area contributed by atoms with E-state index < -0.39 is 0 Å². The lowest BCUT2D eigenvalue weighted by Crippen LogP contribution is -2.21. The number of nitrogens with zero attached hydrogens (tertiary/aromatic N) is 1. The van der Waals surface area contributed by atoms with Crippen molar-refractivity contribution in [1.29, 1.82) is 0 Å². The number of benzene rings is 1. The smallest absolute Gasteiger partial charge is 0.134 e. The molecule has 1 saturated carbocycles. The van der Waals surface area contributed by atoms with E-state index in [1.807, 2.05) is 13.1 Å². The average molecular weight is 258 g/mol. The minimum atomic E-state index is 0.793. The van der Waals surface area contributed by atoms with Crippen LogP contribution in [0.15, 0.2) is 28.7 Å². The molecule has 1 fully saturated rings. The Bertz CT molecular complexity index is 557. The minimum Gasteiger partial charge on any atom is -0.459 e. The Labute approximate surface area is 114 Å². The van der Waals surface area contributed by atoms with Gasteiger partial charge in [-0.3, -0.25) is 0 Å². The first-order valence-electron chi connectivity index (χ1n) is 7.10. The van der Waals surface area contributed by atoms with Gasteiger partial charge in [0.15, 0.2) is 0 Å². The number of hydrogen-bond acceptors (Lipinski definition) is 3. The first-order chi connectivity index (χ1) is 9.28. The maximum absolute atomic E-state index is 5.97. The highest BCUT2D eigenvalue weighted by Gasteiger charge is 2.24. The van der Waals surface area contributed by atoms with Gasteiger partial charge in [0.25, 0.3) is 0 Å². The lowest BCUT2D eigenvalue weighted by Gasteiger charge is -2.16. The molecule has 0 saturated heterocycles. The van der Waals surface area contributed by atoms with Gasteiger partial charge in [0.1, 0.15) is 11.3 Å². The summed E-state index contributed by atoms with van der Waals surface area (Å²) in [6.07, 6.45) is 2.81. The number of nitrogens with one attached hydrogen (secondary N) is 1. The largest absolute Gasteiger partial charge is 0.459 e. The van der Waals surface area contributed by atoms with Crippen molar-refractivity contribution in [2.75, 3.05) is 20.6 Å². The zero-order valence-electron chi connectivity index (χ0n) is 11.8. The summed E-state index contributed by atoms with van der Waals surface area (Å²) in [5.74, 6) is 2.00. The van der Waals surface area contributed by atoms with Crippen LogP contribution in [0.1, 0.15) is 24.2 Å². The Kier molecular flexibility index (Phi) is 3.58. The molecule has 3 rings (SSSR count). The van der Waals surface area contributed by atoms with Crippen LogP contribution in [0.5, 0.6) is 0 Å². The highest BCUT2D eigenvalue weighted by atomic mass is 16.3. The molecule has 1 N–H and O–H groups in total. The van der Waals surface area contributed by atoms with Gasteiger partial charge in [0.05, 0.1) is 6.54 Å². The van der Waals surface area contributed by atoms with Crippen molar-refractivity contribution in [1.82, 2.24) is 10.2 Å². The number of hydrogen-bond donors (Lipinski definition) is 1. The first kappa shape index (κ1) is 12.7. The predicted octanol–water partition coefficient (Wildman–Crippen LogP) is 2.99. The minimum absolute atomic E-state index is 0.793. The molecule has 0 aliphatic heterocycles. The van der Waals surface area contributed by atoms with Gasteiger partial charge in [0, 0.05) is 24.0 Å². The summed E-state index contributed by atoms with van der Waals surface area (Å²) in [6.45, 7) is 2.98. The second-order valence-corrected chi connectivity index (χ2v) is 5.67. The molecule has 0 unspecified atom stereocenters. The van der Waals surface area contributed by atoms with Gasteiger partial charge in [-0.1, -0.05) is 18.2 Å². The maximum atomic E-state index is 5.97. The van der Waals surface area contributed by atoms with Crippen LogP contribution < -0.4 is 5.32 Å². The summed E-state index contributed by atoms with van der Waals surface area (Å²) < 4.78 is 5.97. The molecule has 19 heavy (non-hydrogen) atoms. The highest BCUT2D eigenvalue weighted by molar-refractivity contribution is 5.82. The van der Waals surface area contributed by atoms with E-state index in [2.05, 4.69) is 35.5 Å². The predicted molar refractivity (Wildman–Crippen MR) is 78.0 cm³/mol. The Morgan fingerprint density at radius 2 is 2.11 bits per heavy atom. The third-order valence-corrected chi connectivity index (χ3v) is 3.81. The van der Waals surface area contributed by atoms with Gasteiger partial charge in [-0.05, 0) is 38.9 Å². The second-order valence-electron chi connectivity index (χ2n) is 5.67. The molecule has 0 bridgehead atoms. The van der Waals surface area contributed by atoms with E-state index in [1.54, 1.807) is 0 Å². The molecular weight excluding hydrogens is 236 g/mol. The molecular formula is C16H22N2O. The number of para-hydroxylation sites is 1. The second kappa shape index (κ2) is 5.35. The maximum Gasteiger partial charge on any atom is 0.134 e. The summed E-state index contributed by atoms with van der Waals surface area (Å²) in [7, 11) is 4.17. The van der Waals surface area contributed by atoms with Crippen LogP contribution in [0.4, 0.5) is 0 Å². The lowest BCUT2D eigenvalue weighted by molar-refractivity contribution is 0.310. The normalized spacial score (nSPS) is 15.5. The number of rotatable bonds is 6. The van der Waals surface area contributed by atoms with Gasteiger partial charge >= 0.3 is 0 Å². The van der Waals surface area contributed by atoms with Crippen LogP contribution in [0.2, 0.25) is 0 Å². The molecule has 0 spiro atoms. The SMILES string of the molecule is CNCc1oc2ccccc2c1CN(C)CC1CC1. The van der Waals surface area contributed by atoms with Gasteiger partial charge in [-0.25, -0.2) is 0 Å². The van der Waals surface area contributed by atoms with Crippen LogP contribution in [0.3, 0.4) is 0 Å². The van der Waals surface area contributed by atoms with Crippen molar-refractivity contribution >= 4 is 11.0 Å². The monoisotopic (exact) mass is 258 g/mol. The van der Waals surface area contributed by atoms with Crippen molar-refractivity contribution in [3.8, 4) is 0 Å². The molecule has 0 amide bonds. The third-order valence-electron chi connectivity index (χ3n) is 3.81. The van der Waals surface area contributed by atoms with Crippen LogP contribution >= 0.6 is 0 Å². The van der Waals surface area contributed by atoms with Crippen LogP contribution in [0, 0.1) is 5.92 Å². The summed E-state index contributed by atoms with van der Waals surface area (Å²) in [4.78, 5) is 2.42. The fourth-order valence-electron chi connectivity index (χ4n) is 2.70. The van der Waals surface area contributed by atoms with E-state index in [1.165, 1.54) is 30.3 Å². The Balaban J connectivity index is 1.87. The van der Waals surface area contributed by atoms with Gasteiger partial charge < -0.3 is 14.6 Å². The number of furan rings is 1. The standard InChI is InChI=1S/C16H22N2O/c1-17-9-16-14(11-18(2)10-12-7-8-12)13-5-3-4-6-15(13)19-16/h3-6,12,17H,7-11H2,1-2H3. The molecule has 1 aliphatic rings. The zero-order valence-corrected chi connectivity index (χ0v) is 11.8. The van der Waals surface area contributed by atoms with Gasteiger partial charge in [-0.2, -0.15) is 0 Å². The van der Waals surface area contributed by atoms with Crippen molar-refractivity contribution < 1.29 is 4.42 Å². The molecule has 102 valence electrons. The molecule has 1 aliphatic carbocycles. The van der Waals surface area contributed by atoms with Crippen LogP contribution in [0.25, 0.3) is 11.0 Å². The van der Waals surface area contributed by atoms with Crippen molar-refractivity contribution in [2.45, 2.75) is 25.9 Å². The molecule has 3 nitrogen and oxygen atoms in total. The Morgan fingerprint density at radius 3 is 2.84 bits per heavy atom. The van der Waals surface area contributed by atoms with E-state index in [-0.39, 0.29) is 0 Å². The third kappa shape index (κ3) is 2.82. The summed E-state index contributed by atoms with van der Waals surface area (Å²) in [5.41, 5.74) is 2.34. The average Bonchev–Trinajstić information content (AvgIpc) is 3.14. The summed E-state index contributed by atoms with van der Waals surface area (Å²) in [5, 5.41) is 4.46. The van der Waals surface area contributed by atoms with E-state index in [0.717, 1.165) is 30.4 Å². The zero-order chi connectivity index (χ0) is 13.2. The Hall–Kier alpha value is -1.32. The van der Waals surface area contributed by atoms with E-state index in [9.17, 15) is 0 Å². The van der Waals surface area contributed by atoms with E-state index in [0.29, 0.717) is 0 Å². The summed E-state index contributed by atoms with van der Waals surface area (Å²) in [6, 6.07) is 8.34. The fourth-order valence-corrected chi connectivity index (χ4v) is 2.70. The fraction of sp³-hybridized carbons (Fsp3) is 0.500. The molecule has 2 aromatic rings. The highest BCUT2D eigenvalue weighted by Crippen LogP contribution is 2.31. The first-order valence-corrected chi connectivity index (χ1v) is 7.10. The van der Waals surface area contributed by atoms with Crippen molar-refractivity contribution in [2.24, 2.45) is 5.92 Å².